The van der Waals surface area contributed by atoms with E-state index in [0.717, 1.165) is 0 Å². The molecule has 0 fully saturated rings. The Morgan fingerprint density at radius 2 is 2.22 bits per heavy atom. The zero-order chi connectivity index (χ0) is 7.28. The minimum absolute atomic E-state index is 0.274. The normalized spacial score (nSPS) is 12.8. The van der Waals surface area contributed by atoms with Gasteiger partial charge in [-0.25, -0.2) is 5.43 Å². The topological polar surface area (TPSA) is 50.4 Å². The van der Waals surface area contributed by atoms with Crippen LogP contribution in [-0.4, -0.2) is 26.2 Å². The van der Waals surface area contributed by atoms with E-state index in [1.165, 1.54) is 7.11 Å². The van der Waals surface area contributed by atoms with Crippen LogP contribution in [-0.2, 0) is 9.53 Å². The fourth-order valence-electron chi connectivity index (χ4n) is 0.452. The summed E-state index contributed by atoms with van der Waals surface area (Å²) in [7, 11) is 3.05. The molecule has 0 aromatic rings. The maximum Gasteiger partial charge on any atom is 0.323 e. The Kier molecular flexibility index (Phi) is 4.00. The van der Waals surface area contributed by atoms with Crippen LogP contribution in [0.1, 0.15) is 6.92 Å². The summed E-state index contributed by atoms with van der Waals surface area (Å²) in [5.41, 5.74) is 5.30. The fraction of sp³-hybridized carbons (Fsp3) is 0.800. The Balaban J connectivity index is 3.45. The predicted octanol–water partition coefficient (Wildman–Crippen LogP) is -0.728. The first kappa shape index (κ1) is 8.39. The van der Waals surface area contributed by atoms with E-state index >= 15 is 0 Å². The highest BCUT2D eigenvalue weighted by molar-refractivity contribution is 5.74. The number of rotatable bonds is 3. The van der Waals surface area contributed by atoms with Crippen molar-refractivity contribution in [3.8, 4) is 0 Å². The predicted molar refractivity (Wildman–Crippen MR) is 33.7 cm³/mol. The van der Waals surface area contributed by atoms with Crippen LogP contribution in [0.4, 0.5) is 0 Å². The molecular formula is C5H12N2O2. The molecule has 0 radical (unpaired) electrons. The summed E-state index contributed by atoms with van der Waals surface area (Å²) >= 11 is 0. The molecule has 0 amide bonds. The minimum atomic E-state index is -0.292. The van der Waals surface area contributed by atoms with Crippen LogP contribution in [0.5, 0.6) is 0 Å². The molecule has 0 heterocycles. The standard InChI is InChI=1S/C5H12N2O2/c1-4(7-6-2)5(8)9-3/h4,6-7H,1-3H3/t4-/m0/s1. The molecule has 9 heavy (non-hydrogen) atoms. The number of carbonyl (C=O) groups excluding carboxylic acids is 1. The minimum Gasteiger partial charge on any atom is -0.468 e. The van der Waals surface area contributed by atoms with Crippen LogP contribution in [0.25, 0.3) is 0 Å². The third-order valence-electron chi connectivity index (χ3n) is 0.916. The van der Waals surface area contributed by atoms with E-state index < -0.39 is 0 Å². The van der Waals surface area contributed by atoms with Gasteiger partial charge in [-0.1, -0.05) is 0 Å². The van der Waals surface area contributed by atoms with Crippen molar-refractivity contribution in [1.82, 2.24) is 10.9 Å². The lowest BCUT2D eigenvalue weighted by atomic mass is 10.4. The summed E-state index contributed by atoms with van der Waals surface area (Å²) in [6, 6.07) is -0.292. The molecule has 0 spiro atoms. The molecule has 0 saturated carbocycles. The summed E-state index contributed by atoms with van der Waals surface area (Å²) < 4.78 is 4.42. The van der Waals surface area contributed by atoms with Gasteiger partial charge in [0.1, 0.15) is 6.04 Å². The summed E-state index contributed by atoms with van der Waals surface area (Å²) in [6.45, 7) is 1.71. The van der Waals surface area contributed by atoms with Gasteiger partial charge in [0.2, 0.25) is 0 Å². The third-order valence-corrected chi connectivity index (χ3v) is 0.916. The van der Waals surface area contributed by atoms with Gasteiger partial charge in [0, 0.05) is 0 Å². The maximum absolute atomic E-state index is 10.6. The SMILES string of the molecule is CNN[C@@H](C)C(=O)OC. The van der Waals surface area contributed by atoms with E-state index in [1.54, 1.807) is 14.0 Å². The smallest absolute Gasteiger partial charge is 0.323 e. The lowest BCUT2D eigenvalue weighted by molar-refractivity contribution is -0.142. The van der Waals surface area contributed by atoms with E-state index in [1.807, 2.05) is 0 Å². The van der Waals surface area contributed by atoms with Crippen molar-refractivity contribution in [3.05, 3.63) is 0 Å². The number of methoxy groups -OCH3 is 1. The molecule has 0 aromatic carbocycles. The number of hydrazine groups is 1. The molecule has 54 valence electrons. The van der Waals surface area contributed by atoms with Crippen LogP contribution < -0.4 is 10.9 Å². The second-order valence-corrected chi connectivity index (χ2v) is 1.64. The lowest BCUT2D eigenvalue weighted by Gasteiger charge is -2.08. The van der Waals surface area contributed by atoms with E-state index in [9.17, 15) is 4.79 Å². The molecule has 4 nitrogen and oxygen atoms in total. The summed E-state index contributed by atoms with van der Waals surface area (Å²) in [4.78, 5) is 10.6. The van der Waals surface area contributed by atoms with Crippen molar-refractivity contribution in [2.75, 3.05) is 14.2 Å². The van der Waals surface area contributed by atoms with Crippen molar-refractivity contribution >= 4 is 5.97 Å². The number of hydrogen-bond acceptors (Lipinski definition) is 4. The van der Waals surface area contributed by atoms with Gasteiger partial charge in [0.05, 0.1) is 7.11 Å². The molecule has 0 unspecified atom stereocenters. The third kappa shape index (κ3) is 3.05. The van der Waals surface area contributed by atoms with Gasteiger partial charge in [0.15, 0.2) is 0 Å². The van der Waals surface area contributed by atoms with Gasteiger partial charge < -0.3 is 4.74 Å². The second kappa shape index (κ2) is 4.29. The van der Waals surface area contributed by atoms with Gasteiger partial charge in [-0.05, 0) is 14.0 Å². The van der Waals surface area contributed by atoms with E-state index in [-0.39, 0.29) is 12.0 Å². The Morgan fingerprint density at radius 3 is 2.56 bits per heavy atom. The quantitative estimate of drug-likeness (QED) is 0.393. The summed E-state index contributed by atoms with van der Waals surface area (Å²) in [5.74, 6) is -0.274. The first-order valence-corrected chi connectivity index (χ1v) is 2.72. The first-order chi connectivity index (χ1) is 4.22. The first-order valence-electron chi connectivity index (χ1n) is 2.72. The van der Waals surface area contributed by atoms with Crippen LogP contribution in [0, 0.1) is 0 Å². The second-order valence-electron chi connectivity index (χ2n) is 1.64. The van der Waals surface area contributed by atoms with Gasteiger partial charge in [0.25, 0.3) is 0 Å². The molecule has 0 aromatic heterocycles. The van der Waals surface area contributed by atoms with Gasteiger partial charge in [-0.15, -0.1) is 0 Å². The Labute approximate surface area is 54.5 Å². The molecule has 4 heteroatoms. The highest BCUT2D eigenvalue weighted by atomic mass is 16.5. The highest BCUT2D eigenvalue weighted by Crippen LogP contribution is 1.81. The summed E-state index contributed by atoms with van der Waals surface area (Å²) in [6.07, 6.45) is 0. The van der Waals surface area contributed by atoms with Crippen LogP contribution in [0.3, 0.4) is 0 Å². The van der Waals surface area contributed by atoms with Crippen molar-refractivity contribution < 1.29 is 9.53 Å². The molecule has 0 rings (SSSR count). The molecule has 0 saturated heterocycles. The number of nitrogens with one attached hydrogen (secondary N) is 2. The number of ether oxygens (including phenoxy) is 1. The fourth-order valence-corrected chi connectivity index (χ4v) is 0.452. The maximum atomic E-state index is 10.6. The average molecular weight is 132 g/mol. The van der Waals surface area contributed by atoms with Crippen LogP contribution >= 0.6 is 0 Å². The molecule has 1 atom stereocenters. The Bertz CT molecular complexity index is 95.0. The Hall–Kier alpha value is -0.610. The van der Waals surface area contributed by atoms with Crippen molar-refractivity contribution in [2.45, 2.75) is 13.0 Å². The van der Waals surface area contributed by atoms with Crippen molar-refractivity contribution in [1.29, 1.82) is 0 Å². The molecular weight excluding hydrogens is 120 g/mol. The van der Waals surface area contributed by atoms with Gasteiger partial charge in [-0.3, -0.25) is 10.2 Å². The van der Waals surface area contributed by atoms with E-state index in [2.05, 4.69) is 15.6 Å². The lowest BCUT2D eigenvalue weighted by Crippen LogP contribution is -2.41. The number of carbonyl (C=O) groups is 1. The molecule has 2 N–H and O–H groups in total. The summed E-state index contributed by atoms with van der Waals surface area (Å²) in [5, 5.41) is 0. The molecule has 0 bridgehead atoms. The zero-order valence-corrected chi connectivity index (χ0v) is 5.89. The number of esters is 1. The largest absolute Gasteiger partial charge is 0.468 e. The van der Waals surface area contributed by atoms with Gasteiger partial charge >= 0.3 is 5.97 Å². The van der Waals surface area contributed by atoms with Gasteiger partial charge in [-0.2, -0.15) is 0 Å². The van der Waals surface area contributed by atoms with Crippen LogP contribution in [0.15, 0.2) is 0 Å². The van der Waals surface area contributed by atoms with E-state index in [4.69, 9.17) is 0 Å². The molecule has 0 aliphatic carbocycles. The molecule has 0 aliphatic heterocycles. The van der Waals surface area contributed by atoms with Crippen LogP contribution in [0.2, 0.25) is 0 Å². The molecule has 0 aliphatic rings. The Morgan fingerprint density at radius 1 is 1.67 bits per heavy atom. The highest BCUT2D eigenvalue weighted by Gasteiger charge is 2.09. The number of hydrogen-bond donors (Lipinski definition) is 2. The zero-order valence-electron chi connectivity index (χ0n) is 5.89. The van der Waals surface area contributed by atoms with Crippen molar-refractivity contribution in [3.63, 3.8) is 0 Å². The monoisotopic (exact) mass is 132 g/mol. The van der Waals surface area contributed by atoms with E-state index in [0.29, 0.717) is 0 Å². The van der Waals surface area contributed by atoms with Crippen molar-refractivity contribution in [2.24, 2.45) is 0 Å². The average Bonchev–Trinajstić information content (AvgIpc) is 1.87.